The van der Waals surface area contributed by atoms with Gasteiger partial charge in [0.1, 0.15) is 5.82 Å². The summed E-state index contributed by atoms with van der Waals surface area (Å²) in [5, 5.41) is 10.7. The molecule has 3 aromatic rings. The second kappa shape index (κ2) is 7.01. The van der Waals surface area contributed by atoms with Crippen LogP contribution in [0.15, 0.2) is 78.9 Å². The van der Waals surface area contributed by atoms with E-state index in [1.807, 2.05) is 36.4 Å². The van der Waals surface area contributed by atoms with E-state index in [0.29, 0.717) is 13.1 Å². The van der Waals surface area contributed by atoms with Crippen LogP contribution in [0.5, 0.6) is 0 Å². The number of hydrogen-bond acceptors (Lipinski definition) is 2. The summed E-state index contributed by atoms with van der Waals surface area (Å²) >= 11 is 0. The molecule has 4 unspecified atom stereocenters. The molecule has 2 bridgehead atoms. The van der Waals surface area contributed by atoms with Gasteiger partial charge in [-0.15, -0.1) is 0 Å². The van der Waals surface area contributed by atoms with Gasteiger partial charge in [0, 0.05) is 36.9 Å². The van der Waals surface area contributed by atoms with Crippen LogP contribution in [-0.2, 0) is 16.8 Å². The predicted molar refractivity (Wildman–Crippen MR) is 121 cm³/mol. The van der Waals surface area contributed by atoms with Gasteiger partial charge in [0.2, 0.25) is 0 Å². The smallest absolute Gasteiger partial charge is 0.311 e. The maximum atomic E-state index is 14.5. The third-order valence-corrected chi connectivity index (χ3v) is 8.40. The SMILES string of the molecule is O=C(O)C12CN(Cc3ccccc3)CC1C1(c3cccc(F)c3)CCC2c2ccccc21. The molecule has 3 aromatic carbocycles. The van der Waals surface area contributed by atoms with E-state index in [0.717, 1.165) is 30.5 Å². The lowest BCUT2D eigenvalue weighted by Crippen LogP contribution is -2.60. The van der Waals surface area contributed by atoms with Gasteiger partial charge in [-0.2, -0.15) is 0 Å². The van der Waals surface area contributed by atoms with Crippen molar-refractivity contribution in [1.29, 1.82) is 0 Å². The number of nitrogens with zero attached hydrogens (tertiary/aromatic N) is 1. The van der Waals surface area contributed by atoms with Crippen LogP contribution in [0.1, 0.15) is 41.0 Å². The minimum Gasteiger partial charge on any atom is -0.481 e. The van der Waals surface area contributed by atoms with Crippen LogP contribution in [-0.4, -0.2) is 29.1 Å². The third-order valence-electron chi connectivity index (χ3n) is 8.40. The average molecular weight is 428 g/mol. The lowest BCUT2D eigenvalue weighted by molar-refractivity contribution is -0.157. The topological polar surface area (TPSA) is 40.5 Å². The fourth-order valence-electron chi connectivity index (χ4n) is 7.28. The Morgan fingerprint density at radius 1 is 1.03 bits per heavy atom. The van der Waals surface area contributed by atoms with E-state index < -0.39 is 16.8 Å². The zero-order valence-electron chi connectivity index (χ0n) is 17.9. The van der Waals surface area contributed by atoms with Crippen molar-refractivity contribution in [3.63, 3.8) is 0 Å². The van der Waals surface area contributed by atoms with E-state index in [2.05, 4.69) is 29.2 Å². The van der Waals surface area contributed by atoms with Crippen molar-refractivity contribution in [2.75, 3.05) is 13.1 Å². The van der Waals surface area contributed by atoms with Crippen molar-refractivity contribution >= 4 is 5.97 Å². The highest BCUT2D eigenvalue weighted by molar-refractivity contribution is 5.80. The van der Waals surface area contributed by atoms with Crippen LogP contribution in [0, 0.1) is 17.2 Å². The van der Waals surface area contributed by atoms with Crippen molar-refractivity contribution < 1.29 is 14.3 Å². The number of rotatable bonds is 4. The summed E-state index contributed by atoms with van der Waals surface area (Å²) in [6.07, 6.45) is 1.67. The van der Waals surface area contributed by atoms with Crippen molar-refractivity contribution in [2.45, 2.75) is 30.7 Å². The molecule has 2 fully saturated rings. The van der Waals surface area contributed by atoms with Crippen LogP contribution in [0.2, 0.25) is 0 Å². The molecule has 0 aromatic heterocycles. The van der Waals surface area contributed by atoms with Crippen molar-refractivity contribution in [3.8, 4) is 0 Å². The maximum Gasteiger partial charge on any atom is 0.311 e. The Balaban J connectivity index is 1.55. The summed E-state index contributed by atoms with van der Waals surface area (Å²) in [5.74, 6) is -1.09. The average Bonchev–Trinajstić information content (AvgIpc) is 3.22. The Kier molecular flexibility index (Phi) is 4.31. The first-order chi connectivity index (χ1) is 15.6. The van der Waals surface area contributed by atoms with Crippen LogP contribution in [0.3, 0.4) is 0 Å². The van der Waals surface area contributed by atoms with Crippen LogP contribution in [0.4, 0.5) is 4.39 Å². The van der Waals surface area contributed by atoms with Gasteiger partial charge >= 0.3 is 5.97 Å². The number of benzene rings is 3. The molecule has 0 radical (unpaired) electrons. The van der Waals surface area contributed by atoms with Gasteiger partial charge < -0.3 is 5.11 Å². The zero-order chi connectivity index (χ0) is 21.9. The second-order valence-corrected chi connectivity index (χ2v) is 9.71. The molecule has 0 spiro atoms. The highest BCUT2D eigenvalue weighted by Gasteiger charge is 2.70. The molecule has 32 heavy (non-hydrogen) atoms. The van der Waals surface area contributed by atoms with Crippen molar-refractivity contribution in [1.82, 2.24) is 4.90 Å². The van der Waals surface area contributed by atoms with Gasteiger partial charge in [-0.25, -0.2) is 4.39 Å². The van der Waals surface area contributed by atoms with E-state index >= 15 is 0 Å². The Morgan fingerprint density at radius 2 is 1.81 bits per heavy atom. The minimum absolute atomic E-state index is 0.0163. The highest BCUT2D eigenvalue weighted by Crippen LogP contribution is 2.69. The fourth-order valence-corrected chi connectivity index (χ4v) is 7.28. The number of likely N-dealkylation sites (tertiary alicyclic amines) is 1. The molecule has 3 aliphatic carbocycles. The third kappa shape index (κ3) is 2.53. The largest absolute Gasteiger partial charge is 0.481 e. The number of carboxylic acids is 1. The number of hydrogen-bond donors (Lipinski definition) is 1. The van der Waals surface area contributed by atoms with Crippen LogP contribution < -0.4 is 0 Å². The number of carbonyl (C=O) groups is 1. The van der Waals surface area contributed by atoms with Crippen LogP contribution in [0.25, 0.3) is 0 Å². The molecular formula is C28H26FNO2. The molecule has 1 aliphatic heterocycles. The highest BCUT2D eigenvalue weighted by atomic mass is 19.1. The molecule has 1 saturated heterocycles. The van der Waals surface area contributed by atoms with Gasteiger partial charge in [0.15, 0.2) is 0 Å². The normalized spacial score (nSPS) is 30.7. The predicted octanol–water partition coefficient (Wildman–Crippen LogP) is 5.21. The molecule has 4 aliphatic rings. The summed E-state index contributed by atoms with van der Waals surface area (Å²) < 4.78 is 14.5. The van der Waals surface area contributed by atoms with Crippen molar-refractivity contribution in [3.05, 3.63) is 107 Å². The molecule has 7 rings (SSSR count). The van der Waals surface area contributed by atoms with E-state index in [1.54, 1.807) is 12.1 Å². The quantitative estimate of drug-likeness (QED) is 0.622. The molecule has 3 nitrogen and oxygen atoms in total. The summed E-state index contributed by atoms with van der Waals surface area (Å²) in [5.41, 5.74) is 3.09. The second-order valence-electron chi connectivity index (χ2n) is 9.71. The van der Waals surface area contributed by atoms with Gasteiger partial charge in [0.25, 0.3) is 0 Å². The van der Waals surface area contributed by atoms with E-state index in [-0.39, 0.29) is 17.7 Å². The van der Waals surface area contributed by atoms with Gasteiger partial charge in [-0.05, 0) is 47.2 Å². The zero-order valence-corrected chi connectivity index (χ0v) is 17.9. The molecule has 1 saturated carbocycles. The maximum absolute atomic E-state index is 14.5. The molecule has 162 valence electrons. The molecule has 4 atom stereocenters. The van der Waals surface area contributed by atoms with Gasteiger partial charge in [-0.3, -0.25) is 9.69 Å². The summed E-state index contributed by atoms with van der Waals surface area (Å²) in [7, 11) is 0. The minimum atomic E-state index is -0.867. The van der Waals surface area contributed by atoms with Gasteiger partial charge in [-0.1, -0.05) is 66.7 Å². The number of carboxylic acid groups (broad SMARTS) is 1. The molecule has 4 heteroatoms. The molecule has 1 heterocycles. The monoisotopic (exact) mass is 427 g/mol. The first-order valence-corrected chi connectivity index (χ1v) is 11.4. The van der Waals surface area contributed by atoms with Crippen molar-refractivity contribution in [2.24, 2.45) is 11.3 Å². The number of fused-ring (bicyclic) bond motifs is 1. The Bertz CT molecular complexity index is 1190. The summed E-state index contributed by atoms with van der Waals surface area (Å²) in [6, 6.07) is 25.4. The molecule has 0 amide bonds. The van der Waals surface area contributed by atoms with Gasteiger partial charge in [0.05, 0.1) is 5.41 Å². The van der Waals surface area contributed by atoms with E-state index in [4.69, 9.17) is 0 Å². The number of aliphatic carboxylic acids is 1. The number of halogens is 1. The molecule has 1 N–H and O–H groups in total. The lowest BCUT2D eigenvalue weighted by Gasteiger charge is -2.59. The van der Waals surface area contributed by atoms with E-state index in [1.165, 1.54) is 17.2 Å². The van der Waals surface area contributed by atoms with E-state index in [9.17, 15) is 14.3 Å². The molecular weight excluding hydrogens is 401 g/mol. The first kappa shape index (κ1) is 19.7. The fraction of sp³-hybridized carbons (Fsp3) is 0.321. The Morgan fingerprint density at radius 3 is 2.59 bits per heavy atom. The Hall–Kier alpha value is -2.98. The lowest BCUT2D eigenvalue weighted by atomic mass is 9.42. The summed E-state index contributed by atoms with van der Waals surface area (Å²) in [4.78, 5) is 15.4. The summed E-state index contributed by atoms with van der Waals surface area (Å²) in [6.45, 7) is 1.95. The van der Waals surface area contributed by atoms with Crippen LogP contribution >= 0.6 is 0 Å². The first-order valence-electron chi connectivity index (χ1n) is 11.4. The standard InChI is InChI=1S/C28H26FNO2/c29-21-10-6-9-20(15-21)27-14-13-24(22-11-4-5-12-23(22)27)28(26(31)32)18-30(17-25(27)28)16-19-7-2-1-3-8-19/h1-12,15,24-25H,13-14,16-18H2,(H,31,32). The Labute approximate surface area is 187 Å².